The zero-order valence-electron chi connectivity index (χ0n) is 14.1. The first kappa shape index (κ1) is 16.5. The number of fused-ring (bicyclic) bond motifs is 1. The Labute approximate surface area is 144 Å². The number of hydrogen-bond donors (Lipinski definition) is 0. The van der Waals surface area contributed by atoms with Crippen molar-refractivity contribution in [1.82, 2.24) is 15.0 Å². The normalized spacial score (nSPS) is 11.0. The number of methoxy groups -OCH3 is 3. The maximum atomic E-state index is 12.4. The predicted molar refractivity (Wildman–Crippen MR) is 93.3 cm³/mol. The lowest BCUT2D eigenvalue weighted by Gasteiger charge is -2.13. The van der Waals surface area contributed by atoms with E-state index in [1.54, 1.807) is 37.5 Å². The smallest absolute Gasteiger partial charge is 0.272 e. The highest BCUT2D eigenvalue weighted by atomic mass is 16.5. The van der Waals surface area contributed by atoms with Crippen molar-refractivity contribution < 1.29 is 19.0 Å². The summed E-state index contributed by atoms with van der Waals surface area (Å²) in [6, 6.07) is 10.8. The molecule has 7 heteroatoms. The third-order valence-electron chi connectivity index (χ3n) is 3.70. The molecule has 0 bridgehead atoms. The van der Waals surface area contributed by atoms with E-state index in [0.717, 1.165) is 0 Å². The molecule has 0 fully saturated rings. The van der Waals surface area contributed by atoms with Crippen molar-refractivity contribution in [2.24, 2.45) is 0 Å². The SMILES string of the molecule is COc1ccc(/C=C/C(=O)n2nnc3ccccc32)c(OC)c1OC. The molecular weight excluding hydrogens is 322 g/mol. The molecule has 1 aromatic heterocycles. The standard InChI is InChI=1S/C18H17N3O4/c1-23-15-10-8-12(17(24-2)18(15)25-3)9-11-16(22)21-14-7-5-4-6-13(14)19-20-21/h4-11H,1-3H3/b11-9+. The van der Waals surface area contributed by atoms with Gasteiger partial charge in [0, 0.05) is 11.6 Å². The van der Waals surface area contributed by atoms with Crippen LogP contribution in [0.3, 0.4) is 0 Å². The molecule has 0 saturated heterocycles. The number of ether oxygens (including phenoxy) is 3. The lowest BCUT2D eigenvalue weighted by Crippen LogP contribution is -2.09. The molecule has 0 N–H and O–H groups in total. The molecule has 0 aliphatic carbocycles. The Balaban J connectivity index is 1.95. The second kappa shape index (κ2) is 7.04. The Morgan fingerprint density at radius 1 is 1.00 bits per heavy atom. The van der Waals surface area contributed by atoms with E-state index in [1.807, 2.05) is 12.1 Å². The summed E-state index contributed by atoms with van der Waals surface area (Å²) in [6.45, 7) is 0. The zero-order valence-corrected chi connectivity index (χ0v) is 14.1. The number of rotatable bonds is 5. The number of nitrogens with zero attached hydrogens (tertiary/aromatic N) is 3. The van der Waals surface area contributed by atoms with Crippen LogP contribution in [0.1, 0.15) is 10.4 Å². The molecule has 3 rings (SSSR count). The summed E-state index contributed by atoms with van der Waals surface area (Å²) in [5.74, 6) is 1.18. The summed E-state index contributed by atoms with van der Waals surface area (Å²) >= 11 is 0. The number of carbonyl (C=O) groups excluding carboxylic acids is 1. The molecule has 25 heavy (non-hydrogen) atoms. The van der Waals surface area contributed by atoms with Gasteiger partial charge in [0.05, 0.1) is 26.8 Å². The minimum absolute atomic E-state index is 0.314. The third-order valence-corrected chi connectivity index (χ3v) is 3.70. The Morgan fingerprint density at radius 3 is 2.48 bits per heavy atom. The number of aromatic nitrogens is 3. The molecule has 0 amide bonds. The molecular formula is C18H17N3O4. The van der Waals surface area contributed by atoms with E-state index in [1.165, 1.54) is 25.0 Å². The number of carbonyl (C=O) groups is 1. The third kappa shape index (κ3) is 3.03. The number of hydrogen-bond acceptors (Lipinski definition) is 6. The first-order valence-electron chi connectivity index (χ1n) is 7.51. The highest BCUT2D eigenvalue weighted by molar-refractivity contribution is 5.98. The van der Waals surface area contributed by atoms with Crippen LogP contribution < -0.4 is 14.2 Å². The van der Waals surface area contributed by atoms with Crippen LogP contribution in [0.5, 0.6) is 17.2 Å². The van der Waals surface area contributed by atoms with Crippen molar-refractivity contribution >= 4 is 23.0 Å². The van der Waals surface area contributed by atoms with Gasteiger partial charge in [-0.1, -0.05) is 17.3 Å². The van der Waals surface area contributed by atoms with E-state index in [2.05, 4.69) is 10.3 Å². The van der Waals surface area contributed by atoms with Crippen LogP contribution in [-0.4, -0.2) is 42.2 Å². The van der Waals surface area contributed by atoms with Crippen LogP contribution >= 0.6 is 0 Å². The van der Waals surface area contributed by atoms with Gasteiger partial charge in [0.25, 0.3) is 5.91 Å². The van der Waals surface area contributed by atoms with E-state index >= 15 is 0 Å². The van der Waals surface area contributed by atoms with Crippen LogP contribution in [-0.2, 0) is 0 Å². The topological polar surface area (TPSA) is 75.5 Å². The molecule has 7 nitrogen and oxygen atoms in total. The van der Waals surface area contributed by atoms with Crippen molar-refractivity contribution in [2.75, 3.05) is 21.3 Å². The zero-order chi connectivity index (χ0) is 17.8. The molecule has 0 saturated carbocycles. The van der Waals surface area contributed by atoms with E-state index in [-0.39, 0.29) is 5.91 Å². The van der Waals surface area contributed by atoms with Crippen LogP contribution in [0, 0.1) is 0 Å². The van der Waals surface area contributed by atoms with Gasteiger partial charge in [-0.25, -0.2) is 0 Å². The largest absolute Gasteiger partial charge is 0.493 e. The van der Waals surface area contributed by atoms with Crippen molar-refractivity contribution in [3.8, 4) is 17.2 Å². The van der Waals surface area contributed by atoms with Gasteiger partial charge >= 0.3 is 0 Å². The average molecular weight is 339 g/mol. The quantitative estimate of drug-likeness (QED) is 0.665. The molecule has 128 valence electrons. The van der Waals surface area contributed by atoms with Crippen molar-refractivity contribution in [1.29, 1.82) is 0 Å². The van der Waals surface area contributed by atoms with E-state index < -0.39 is 0 Å². The maximum absolute atomic E-state index is 12.4. The molecule has 0 radical (unpaired) electrons. The van der Waals surface area contributed by atoms with Gasteiger partial charge in [0.1, 0.15) is 5.52 Å². The van der Waals surface area contributed by atoms with E-state index in [9.17, 15) is 4.79 Å². The highest BCUT2D eigenvalue weighted by Gasteiger charge is 2.15. The first-order valence-corrected chi connectivity index (χ1v) is 7.51. The summed E-state index contributed by atoms with van der Waals surface area (Å²) in [5.41, 5.74) is 1.99. The Bertz CT molecular complexity index is 947. The van der Waals surface area contributed by atoms with Crippen LogP contribution in [0.25, 0.3) is 17.1 Å². The van der Waals surface area contributed by atoms with Crippen molar-refractivity contribution in [2.45, 2.75) is 0 Å². The fraction of sp³-hybridized carbons (Fsp3) is 0.167. The Morgan fingerprint density at radius 2 is 1.76 bits per heavy atom. The van der Waals surface area contributed by atoms with Gasteiger partial charge in [-0.15, -0.1) is 5.10 Å². The van der Waals surface area contributed by atoms with Crippen LogP contribution in [0.4, 0.5) is 0 Å². The molecule has 0 unspecified atom stereocenters. The number of benzene rings is 2. The maximum Gasteiger partial charge on any atom is 0.272 e. The second-order valence-electron chi connectivity index (χ2n) is 5.09. The molecule has 0 aliphatic rings. The number of allylic oxidation sites excluding steroid dienone is 1. The van der Waals surface area contributed by atoms with Gasteiger partial charge in [0.15, 0.2) is 11.5 Å². The van der Waals surface area contributed by atoms with Crippen molar-refractivity contribution in [3.63, 3.8) is 0 Å². The van der Waals surface area contributed by atoms with Crippen LogP contribution in [0.2, 0.25) is 0 Å². The fourth-order valence-electron chi connectivity index (χ4n) is 2.52. The van der Waals surface area contributed by atoms with E-state index in [0.29, 0.717) is 33.8 Å². The minimum Gasteiger partial charge on any atom is -0.493 e. The van der Waals surface area contributed by atoms with E-state index in [4.69, 9.17) is 14.2 Å². The van der Waals surface area contributed by atoms with Crippen molar-refractivity contribution in [3.05, 3.63) is 48.0 Å². The summed E-state index contributed by atoms with van der Waals surface area (Å²) in [5, 5.41) is 7.88. The summed E-state index contributed by atoms with van der Waals surface area (Å²) in [4.78, 5) is 12.4. The number of para-hydroxylation sites is 1. The molecule has 0 spiro atoms. The lowest BCUT2D eigenvalue weighted by molar-refractivity contribution is 0.0958. The predicted octanol–water partition coefficient (Wildman–Crippen LogP) is 2.81. The monoisotopic (exact) mass is 339 g/mol. The molecule has 0 aliphatic heterocycles. The summed E-state index contributed by atoms with van der Waals surface area (Å²) in [6.07, 6.45) is 3.05. The fourth-order valence-corrected chi connectivity index (χ4v) is 2.52. The Kier molecular flexibility index (Phi) is 4.65. The molecule has 0 atom stereocenters. The summed E-state index contributed by atoms with van der Waals surface area (Å²) < 4.78 is 17.2. The van der Waals surface area contributed by atoms with Gasteiger partial charge < -0.3 is 14.2 Å². The molecule has 1 heterocycles. The minimum atomic E-state index is -0.314. The van der Waals surface area contributed by atoms with Gasteiger partial charge in [-0.05, 0) is 30.3 Å². The summed E-state index contributed by atoms with van der Waals surface area (Å²) in [7, 11) is 4.61. The highest BCUT2D eigenvalue weighted by Crippen LogP contribution is 2.40. The second-order valence-corrected chi connectivity index (χ2v) is 5.09. The molecule has 3 aromatic rings. The van der Waals surface area contributed by atoms with Gasteiger partial charge in [-0.3, -0.25) is 4.79 Å². The first-order chi connectivity index (χ1) is 12.2. The molecule has 2 aromatic carbocycles. The van der Waals surface area contributed by atoms with Gasteiger partial charge in [0.2, 0.25) is 5.75 Å². The lowest BCUT2D eigenvalue weighted by atomic mass is 10.1. The van der Waals surface area contributed by atoms with Crippen LogP contribution in [0.15, 0.2) is 42.5 Å². The average Bonchev–Trinajstić information content (AvgIpc) is 3.09. The Hall–Kier alpha value is -3.35. The van der Waals surface area contributed by atoms with Gasteiger partial charge in [-0.2, -0.15) is 4.68 Å².